The van der Waals surface area contributed by atoms with Gasteiger partial charge in [0.25, 0.3) is 0 Å². The molecule has 0 bridgehead atoms. The van der Waals surface area contributed by atoms with E-state index >= 15 is 0 Å². The first-order valence-electron chi connectivity index (χ1n) is 5.01. The van der Waals surface area contributed by atoms with Gasteiger partial charge in [-0.15, -0.1) is 11.3 Å². The van der Waals surface area contributed by atoms with Crippen LogP contribution in [-0.4, -0.2) is 4.98 Å². The van der Waals surface area contributed by atoms with Crippen LogP contribution in [0.3, 0.4) is 0 Å². The van der Waals surface area contributed by atoms with Crippen LogP contribution in [0.5, 0.6) is 0 Å². The van der Waals surface area contributed by atoms with E-state index in [1.807, 2.05) is 23.6 Å². The maximum Gasteiger partial charge on any atom is 0.109 e. The predicted molar refractivity (Wildman–Crippen MR) is 72.3 cm³/mol. The Bertz CT molecular complexity index is 597. The molecule has 3 N–H and O–H groups in total. The van der Waals surface area contributed by atoms with Crippen LogP contribution in [0.15, 0.2) is 36.4 Å². The fourth-order valence-corrected chi connectivity index (χ4v) is 2.27. The highest BCUT2D eigenvalue weighted by molar-refractivity contribution is 7.11. The number of hydrogen-bond acceptors (Lipinski definition) is 3. The lowest BCUT2D eigenvalue weighted by Gasteiger charge is -1.99. The third kappa shape index (κ3) is 2.14. The highest BCUT2D eigenvalue weighted by Gasteiger charge is 2.07. The van der Waals surface area contributed by atoms with Gasteiger partial charge in [-0.05, 0) is 23.1 Å². The lowest BCUT2D eigenvalue weighted by Crippen LogP contribution is -1.88. The van der Waals surface area contributed by atoms with Crippen molar-refractivity contribution in [2.24, 2.45) is 0 Å². The van der Waals surface area contributed by atoms with Crippen LogP contribution in [0, 0.1) is 11.3 Å². The summed E-state index contributed by atoms with van der Waals surface area (Å²) < 4.78 is 0. The standard InChI is InChI=1S/C13H11N3S/c1-2-9(12-4-3-5-17-12)6-11-10(7-14)8-16-13(11)15/h2-6,8,16H,1,15H2/b9-6+. The number of rotatable bonds is 3. The molecule has 0 saturated carbocycles. The average molecular weight is 241 g/mol. The Morgan fingerprint density at radius 2 is 2.41 bits per heavy atom. The van der Waals surface area contributed by atoms with Gasteiger partial charge in [0, 0.05) is 16.6 Å². The molecule has 17 heavy (non-hydrogen) atoms. The molecule has 0 aliphatic carbocycles. The molecular formula is C13H11N3S. The molecule has 84 valence electrons. The third-order valence-corrected chi connectivity index (χ3v) is 3.32. The molecule has 0 amide bonds. The molecular weight excluding hydrogens is 230 g/mol. The molecule has 0 aromatic carbocycles. The van der Waals surface area contributed by atoms with Crippen LogP contribution in [0.4, 0.5) is 5.82 Å². The van der Waals surface area contributed by atoms with Crippen molar-refractivity contribution in [1.82, 2.24) is 4.98 Å². The highest BCUT2D eigenvalue weighted by atomic mass is 32.1. The number of nitriles is 1. The van der Waals surface area contributed by atoms with Crippen molar-refractivity contribution in [3.63, 3.8) is 0 Å². The van der Waals surface area contributed by atoms with Gasteiger partial charge < -0.3 is 10.7 Å². The molecule has 4 heteroatoms. The first-order valence-corrected chi connectivity index (χ1v) is 5.89. The minimum atomic E-state index is 0.498. The Morgan fingerprint density at radius 3 is 3.00 bits per heavy atom. The summed E-state index contributed by atoms with van der Waals surface area (Å²) in [6.45, 7) is 3.79. The van der Waals surface area contributed by atoms with Crippen molar-refractivity contribution in [3.05, 3.63) is 52.4 Å². The van der Waals surface area contributed by atoms with E-state index in [0.29, 0.717) is 11.4 Å². The van der Waals surface area contributed by atoms with Crippen molar-refractivity contribution < 1.29 is 0 Å². The summed E-state index contributed by atoms with van der Waals surface area (Å²) in [5, 5.41) is 11.0. The molecule has 0 spiro atoms. The van der Waals surface area contributed by atoms with Crippen LogP contribution >= 0.6 is 11.3 Å². The van der Waals surface area contributed by atoms with Crippen LogP contribution in [0.25, 0.3) is 11.6 Å². The number of thiophene rings is 1. The summed E-state index contributed by atoms with van der Waals surface area (Å²) in [5.41, 5.74) is 8.01. The Morgan fingerprint density at radius 1 is 1.59 bits per heavy atom. The first kappa shape index (κ1) is 11.2. The fraction of sp³-hybridized carbons (Fsp3) is 0. The number of nitrogen functional groups attached to an aromatic ring is 1. The number of hydrogen-bond donors (Lipinski definition) is 2. The lowest BCUT2D eigenvalue weighted by atomic mass is 10.1. The molecule has 0 fully saturated rings. The predicted octanol–water partition coefficient (Wildman–Crippen LogP) is 3.26. The third-order valence-electron chi connectivity index (χ3n) is 2.40. The van der Waals surface area contributed by atoms with E-state index in [0.717, 1.165) is 16.0 Å². The Kier molecular flexibility index (Phi) is 3.12. The molecule has 0 atom stereocenters. The molecule has 0 unspecified atom stereocenters. The molecule has 0 aliphatic heterocycles. The lowest BCUT2D eigenvalue weighted by molar-refractivity contribution is 1.40. The molecule has 2 aromatic rings. The maximum absolute atomic E-state index is 8.97. The van der Waals surface area contributed by atoms with E-state index in [1.54, 1.807) is 23.6 Å². The van der Waals surface area contributed by atoms with E-state index in [1.165, 1.54) is 0 Å². The summed E-state index contributed by atoms with van der Waals surface area (Å²) >= 11 is 1.62. The zero-order chi connectivity index (χ0) is 12.3. The highest BCUT2D eigenvalue weighted by Crippen LogP contribution is 2.27. The number of allylic oxidation sites excluding steroid dienone is 2. The number of aromatic nitrogens is 1. The van der Waals surface area contributed by atoms with Gasteiger partial charge in [0.15, 0.2) is 0 Å². The number of anilines is 1. The van der Waals surface area contributed by atoms with Crippen LogP contribution in [0.1, 0.15) is 16.0 Å². The van der Waals surface area contributed by atoms with Crippen LogP contribution < -0.4 is 5.73 Å². The average Bonchev–Trinajstić information content (AvgIpc) is 2.96. The second kappa shape index (κ2) is 4.73. The van der Waals surface area contributed by atoms with E-state index in [9.17, 15) is 0 Å². The van der Waals surface area contributed by atoms with Gasteiger partial charge in [-0.1, -0.05) is 18.7 Å². The van der Waals surface area contributed by atoms with E-state index in [-0.39, 0.29) is 0 Å². The minimum absolute atomic E-state index is 0.498. The normalized spacial score (nSPS) is 11.1. The topological polar surface area (TPSA) is 65.6 Å². The minimum Gasteiger partial charge on any atom is -0.385 e. The number of aromatic amines is 1. The van der Waals surface area contributed by atoms with Gasteiger partial charge in [0.05, 0.1) is 5.56 Å². The maximum atomic E-state index is 8.97. The largest absolute Gasteiger partial charge is 0.385 e. The molecule has 2 rings (SSSR count). The van der Waals surface area contributed by atoms with Crippen molar-refractivity contribution in [3.8, 4) is 6.07 Å². The number of nitrogens with zero attached hydrogens (tertiary/aromatic N) is 1. The smallest absolute Gasteiger partial charge is 0.109 e. The Hall–Kier alpha value is -2.25. The summed E-state index contributed by atoms with van der Waals surface area (Å²) in [7, 11) is 0. The molecule has 0 saturated heterocycles. The Labute approximate surface area is 104 Å². The molecule has 3 nitrogen and oxygen atoms in total. The van der Waals surface area contributed by atoms with Crippen molar-refractivity contribution in [1.29, 1.82) is 5.26 Å². The quantitative estimate of drug-likeness (QED) is 0.810. The van der Waals surface area contributed by atoms with E-state index < -0.39 is 0 Å². The molecule has 0 radical (unpaired) electrons. The van der Waals surface area contributed by atoms with Gasteiger partial charge in [0.2, 0.25) is 0 Å². The zero-order valence-corrected chi connectivity index (χ0v) is 9.92. The summed E-state index contributed by atoms with van der Waals surface area (Å²) in [6.07, 6.45) is 5.25. The number of nitrogens with one attached hydrogen (secondary N) is 1. The summed E-state index contributed by atoms with van der Waals surface area (Å²) in [6, 6.07) is 6.09. The van der Waals surface area contributed by atoms with Crippen LogP contribution in [-0.2, 0) is 0 Å². The number of H-pyrrole nitrogens is 1. The van der Waals surface area contributed by atoms with Gasteiger partial charge in [-0.25, -0.2) is 0 Å². The van der Waals surface area contributed by atoms with Crippen molar-refractivity contribution in [2.75, 3.05) is 5.73 Å². The zero-order valence-electron chi connectivity index (χ0n) is 9.10. The summed E-state index contributed by atoms with van der Waals surface area (Å²) in [5.74, 6) is 0.498. The Balaban J connectivity index is 2.51. The second-order valence-electron chi connectivity index (χ2n) is 3.42. The van der Waals surface area contributed by atoms with Gasteiger partial charge >= 0.3 is 0 Å². The number of nitrogens with two attached hydrogens (primary N) is 1. The molecule has 0 aliphatic rings. The van der Waals surface area contributed by atoms with Gasteiger partial charge in [-0.2, -0.15) is 5.26 Å². The van der Waals surface area contributed by atoms with Crippen molar-refractivity contribution >= 4 is 28.8 Å². The molecule has 2 heterocycles. The SMILES string of the molecule is C=C/C(=C\c1c(C#N)c[nH]c1N)c1cccs1. The van der Waals surface area contributed by atoms with E-state index in [2.05, 4.69) is 17.6 Å². The first-order chi connectivity index (χ1) is 8.26. The summed E-state index contributed by atoms with van der Waals surface area (Å²) in [4.78, 5) is 3.94. The van der Waals surface area contributed by atoms with Gasteiger partial charge in [0.1, 0.15) is 11.9 Å². The second-order valence-corrected chi connectivity index (χ2v) is 4.37. The fourth-order valence-electron chi connectivity index (χ4n) is 1.53. The van der Waals surface area contributed by atoms with Crippen LogP contribution in [0.2, 0.25) is 0 Å². The van der Waals surface area contributed by atoms with Crippen molar-refractivity contribution in [2.45, 2.75) is 0 Å². The van der Waals surface area contributed by atoms with Gasteiger partial charge in [-0.3, -0.25) is 0 Å². The molecule has 2 aromatic heterocycles. The monoisotopic (exact) mass is 241 g/mol. The van der Waals surface area contributed by atoms with E-state index in [4.69, 9.17) is 11.0 Å².